The van der Waals surface area contributed by atoms with Crippen LogP contribution in [-0.2, 0) is 9.53 Å². The summed E-state index contributed by atoms with van der Waals surface area (Å²) in [6, 6.07) is -1.24. The molecule has 2 N–H and O–H groups in total. The van der Waals surface area contributed by atoms with Crippen molar-refractivity contribution in [1.29, 1.82) is 0 Å². The van der Waals surface area contributed by atoms with E-state index in [0.717, 1.165) is 25.9 Å². The van der Waals surface area contributed by atoms with Gasteiger partial charge in [0.25, 0.3) is 0 Å². The van der Waals surface area contributed by atoms with Crippen LogP contribution in [0.25, 0.3) is 0 Å². The second-order valence-electron chi connectivity index (χ2n) is 5.75. The van der Waals surface area contributed by atoms with E-state index in [0.29, 0.717) is 19.1 Å². The van der Waals surface area contributed by atoms with Crippen molar-refractivity contribution in [2.75, 3.05) is 47.4 Å². The van der Waals surface area contributed by atoms with Gasteiger partial charge in [-0.3, -0.25) is 0 Å². The fourth-order valence-corrected chi connectivity index (χ4v) is 2.47. The number of amides is 2. The van der Waals surface area contributed by atoms with E-state index < -0.39 is 12.0 Å². The molecular weight excluding hydrogens is 274 g/mol. The first-order chi connectivity index (χ1) is 9.93. The first kappa shape index (κ1) is 17.7. The molecule has 0 aromatic carbocycles. The average molecular weight is 301 g/mol. The fraction of sp³-hybridized carbons (Fsp3) is 0.857. The molecule has 1 unspecified atom stereocenters. The number of carboxylic acid groups (broad SMARTS) is 1. The number of methoxy groups -OCH3 is 1. The number of likely N-dealkylation sites (tertiary alicyclic amines) is 1. The molecule has 2 amide bonds. The lowest BCUT2D eigenvalue weighted by Crippen LogP contribution is -2.48. The highest BCUT2D eigenvalue weighted by Crippen LogP contribution is 2.16. The number of piperidine rings is 1. The van der Waals surface area contributed by atoms with Gasteiger partial charge >= 0.3 is 12.0 Å². The third kappa shape index (κ3) is 6.31. The van der Waals surface area contributed by atoms with Crippen LogP contribution in [0.4, 0.5) is 4.79 Å². The zero-order valence-corrected chi connectivity index (χ0v) is 13.2. The summed E-state index contributed by atoms with van der Waals surface area (Å²) < 4.78 is 4.86. The molecule has 122 valence electrons. The largest absolute Gasteiger partial charge is 0.480 e. The number of aliphatic carboxylic acids is 1. The van der Waals surface area contributed by atoms with E-state index in [1.807, 2.05) is 0 Å². The number of carbonyl (C=O) groups is 2. The summed E-state index contributed by atoms with van der Waals surface area (Å²) in [4.78, 5) is 27.0. The van der Waals surface area contributed by atoms with E-state index >= 15 is 0 Å². The zero-order valence-electron chi connectivity index (χ0n) is 13.2. The number of hydrogen-bond donors (Lipinski definition) is 2. The molecule has 0 aromatic rings. The van der Waals surface area contributed by atoms with E-state index in [1.165, 1.54) is 7.11 Å². The summed E-state index contributed by atoms with van der Waals surface area (Å²) in [7, 11) is 5.32. The minimum Gasteiger partial charge on any atom is -0.480 e. The third-order valence-corrected chi connectivity index (χ3v) is 3.92. The Labute approximate surface area is 126 Å². The van der Waals surface area contributed by atoms with Crippen LogP contribution in [0.3, 0.4) is 0 Å². The van der Waals surface area contributed by atoms with Crippen molar-refractivity contribution in [3.8, 4) is 0 Å². The van der Waals surface area contributed by atoms with Crippen LogP contribution in [0, 0.1) is 5.92 Å². The second kappa shape index (κ2) is 8.84. The Bertz CT molecular complexity index is 343. The molecule has 7 heteroatoms. The highest BCUT2D eigenvalue weighted by atomic mass is 16.5. The lowest BCUT2D eigenvalue weighted by molar-refractivity contribution is -0.139. The van der Waals surface area contributed by atoms with Gasteiger partial charge in [0.05, 0.1) is 0 Å². The summed E-state index contributed by atoms with van der Waals surface area (Å²) in [5.41, 5.74) is 0. The Hall–Kier alpha value is -1.34. The Morgan fingerprint density at radius 1 is 1.43 bits per heavy atom. The molecule has 0 spiro atoms. The van der Waals surface area contributed by atoms with E-state index in [9.17, 15) is 9.59 Å². The van der Waals surface area contributed by atoms with Crippen molar-refractivity contribution < 1.29 is 19.4 Å². The second-order valence-corrected chi connectivity index (χ2v) is 5.75. The first-order valence-electron chi connectivity index (χ1n) is 7.36. The number of nitrogens with one attached hydrogen (secondary N) is 1. The fourth-order valence-electron chi connectivity index (χ4n) is 2.47. The van der Waals surface area contributed by atoms with Gasteiger partial charge in [0, 0.05) is 33.7 Å². The van der Waals surface area contributed by atoms with Crippen molar-refractivity contribution >= 4 is 12.0 Å². The number of hydrogen-bond acceptors (Lipinski definition) is 4. The van der Waals surface area contributed by atoms with Gasteiger partial charge in [-0.2, -0.15) is 0 Å². The number of urea groups is 1. The van der Waals surface area contributed by atoms with Gasteiger partial charge in [-0.25, -0.2) is 9.59 Å². The molecule has 1 fully saturated rings. The lowest BCUT2D eigenvalue weighted by atomic mass is 9.97. The first-order valence-corrected chi connectivity index (χ1v) is 7.36. The molecule has 0 bridgehead atoms. The monoisotopic (exact) mass is 301 g/mol. The molecular formula is C14H27N3O4. The highest BCUT2D eigenvalue weighted by molar-refractivity contribution is 5.82. The van der Waals surface area contributed by atoms with Crippen LogP contribution < -0.4 is 5.32 Å². The normalized spacial score (nSPS) is 18.2. The molecule has 1 rings (SSSR count). The maximum Gasteiger partial charge on any atom is 0.326 e. The van der Waals surface area contributed by atoms with Crippen molar-refractivity contribution in [1.82, 2.24) is 15.1 Å². The van der Waals surface area contributed by atoms with Gasteiger partial charge in [-0.05, 0) is 38.9 Å². The minimum absolute atomic E-state index is 0.264. The summed E-state index contributed by atoms with van der Waals surface area (Å²) in [5.74, 6) is -0.549. The molecule has 0 aliphatic carbocycles. The molecule has 1 saturated heterocycles. The quantitative estimate of drug-likeness (QED) is 0.714. The van der Waals surface area contributed by atoms with Crippen LogP contribution in [0.5, 0.6) is 0 Å². The molecule has 1 aliphatic heterocycles. The number of carbonyl (C=O) groups excluding carboxylic acids is 1. The topological polar surface area (TPSA) is 82.1 Å². The minimum atomic E-state index is -1.03. The van der Waals surface area contributed by atoms with Gasteiger partial charge in [0.2, 0.25) is 0 Å². The van der Waals surface area contributed by atoms with E-state index in [2.05, 4.69) is 17.3 Å². The van der Waals surface area contributed by atoms with Crippen LogP contribution in [0.15, 0.2) is 0 Å². The standard InChI is InChI=1S/C14H27N3O4/c1-16-7-4-11(5-8-16)10-17(2)14(20)15-12(13(18)19)6-9-21-3/h11-12H,4-10H2,1-3H3,(H,15,20)(H,18,19). The summed E-state index contributed by atoms with van der Waals surface area (Å²) >= 11 is 0. The number of ether oxygens (including phenoxy) is 1. The van der Waals surface area contributed by atoms with Gasteiger partial charge in [-0.1, -0.05) is 0 Å². The summed E-state index contributed by atoms with van der Waals surface area (Å²) in [6.07, 6.45) is 2.40. The lowest BCUT2D eigenvalue weighted by Gasteiger charge is -2.32. The summed E-state index contributed by atoms with van der Waals surface area (Å²) in [5, 5.41) is 11.6. The van der Waals surface area contributed by atoms with Crippen molar-refractivity contribution in [2.45, 2.75) is 25.3 Å². The predicted molar refractivity (Wildman–Crippen MR) is 79.3 cm³/mol. The van der Waals surface area contributed by atoms with Gasteiger partial charge in [-0.15, -0.1) is 0 Å². The Morgan fingerprint density at radius 3 is 2.57 bits per heavy atom. The van der Waals surface area contributed by atoms with E-state index in [1.54, 1.807) is 11.9 Å². The Balaban J connectivity index is 2.39. The van der Waals surface area contributed by atoms with Crippen LogP contribution in [-0.4, -0.2) is 80.4 Å². The van der Waals surface area contributed by atoms with E-state index in [4.69, 9.17) is 9.84 Å². The van der Waals surface area contributed by atoms with Gasteiger partial charge < -0.3 is 25.0 Å². The molecule has 0 radical (unpaired) electrons. The maximum atomic E-state index is 12.1. The number of carboxylic acids is 1. The molecule has 21 heavy (non-hydrogen) atoms. The summed E-state index contributed by atoms with van der Waals surface area (Å²) in [6.45, 7) is 3.06. The van der Waals surface area contributed by atoms with Crippen LogP contribution in [0.1, 0.15) is 19.3 Å². The van der Waals surface area contributed by atoms with Crippen molar-refractivity contribution in [2.24, 2.45) is 5.92 Å². The zero-order chi connectivity index (χ0) is 15.8. The van der Waals surface area contributed by atoms with Crippen LogP contribution in [0.2, 0.25) is 0 Å². The highest BCUT2D eigenvalue weighted by Gasteiger charge is 2.24. The number of nitrogens with zero attached hydrogens (tertiary/aromatic N) is 2. The molecule has 1 heterocycles. The predicted octanol–water partition coefficient (Wildman–Crippen LogP) is 0.459. The average Bonchev–Trinajstić information content (AvgIpc) is 2.45. The molecule has 7 nitrogen and oxygen atoms in total. The Morgan fingerprint density at radius 2 is 2.05 bits per heavy atom. The van der Waals surface area contributed by atoms with Crippen molar-refractivity contribution in [3.63, 3.8) is 0 Å². The number of rotatable bonds is 7. The van der Waals surface area contributed by atoms with E-state index in [-0.39, 0.29) is 12.5 Å². The molecule has 0 aromatic heterocycles. The Kier molecular flexibility index (Phi) is 7.45. The third-order valence-electron chi connectivity index (χ3n) is 3.92. The molecule has 1 atom stereocenters. The van der Waals surface area contributed by atoms with Gasteiger partial charge in [0.15, 0.2) is 0 Å². The maximum absolute atomic E-state index is 12.1. The van der Waals surface area contributed by atoms with Crippen LogP contribution >= 0.6 is 0 Å². The molecule has 1 aliphatic rings. The van der Waals surface area contributed by atoms with Gasteiger partial charge in [0.1, 0.15) is 6.04 Å². The smallest absolute Gasteiger partial charge is 0.326 e. The molecule has 0 saturated carbocycles. The van der Waals surface area contributed by atoms with Crippen molar-refractivity contribution in [3.05, 3.63) is 0 Å². The SMILES string of the molecule is COCCC(NC(=O)N(C)CC1CCN(C)CC1)C(=O)O.